The number of fused-ring (bicyclic) bond motifs is 1. The zero-order valence-electron chi connectivity index (χ0n) is 16.2. The Hall–Kier alpha value is -4.41. The number of aromatic amines is 1. The van der Waals surface area contributed by atoms with Crippen LogP contribution in [0.15, 0.2) is 57.2 Å². The molecule has 2 aromatic heterocycles. The highest BCUT2D eigenvalue weighted by atomic mass is 19.1. The molecule has 2 heterocycles. The molecule has 0 radical (unpaired) electrons. The fourth-order valence-electron chi connectivity index (χ4n) is 3.05. The number of hydrogen-bond acceptors (Lipinski definition) is 7. The number of hydrogen-bond donors (Lipinski definition) is 4. The first-order chi connectivity index (χ1) is 14.8. The van der Waals surface area contributed by atoms with E-state index >= 15 is 0 Å². The van der Waals surface area contributed by atoms with Gasteiger partial charge in [-0.05, 0) is 29.8 Å². The third-order valence-electron chi connectivity index (χ3n) is 4.64. The molecule has 0 unspecified atom stereocenters. The van der Waals surface area contributed by atoms with Crippen molar-refractivity contribution in [2.45, 2.75) is 6.54 Å². The van der Waals surface area contributed by atoms with Crippen molar-refractivity contribution in [3.63, 3.8) is 0 Å². The van der Waals surface area contributed by atoms with Crippen molar-refractivity contribution < 1.29 is 14.6 Å². The number of aromatic nitrogens is 4. The second-order valence-corrected chi connectivity index (χ2v) is 6.75. The summed E-state index contributed by atoms with van der Waals surface area (Å²) in [5.41, 5.74) is 2.76. The highest BCUT2D eigenvalue weighted by Gasteiger charge is 2.17. The summed E-state index contributed by atoms with van der Waals surface area (Å²) in [6.45, 7) is 0.153. The monoisotopic (exact) mass is 424 g/mol. The Morgan fingerprint density at radius 3 is 2.65 bits per heavy atom. The number of phenols is 2. The number of benzene rings is 2. The summed E-state index contributed by atoms with van der Waals surface area (Å²) in [7, 11) is 1.47. The summed E-state index contributed by atoms with van der Waals surface area (Å²) in [6, 6.07) is 9.75. The van der Waals surface area contributed by atoms with E-state index in [0.717, 1.165) is 0 Å². The Kier molecular flexibility index (Phi) is 4.99. The van der Waals surface area contributed by atoms with Crippen LogP contribution in [0.2, 0.25) is 0 Å². The van der Waals surface area contributed by atoms with E-state index in [4.69, 9.17) is 0 Å². The van der Waals surface area contributed by atoms with E-state index in [2.05, 4.69) is 20.5 Å². The lowest BCUT2D eigenvalue weighted by Crippen LogP contribution is -2.29. The number of aromatic hydroxyl groups is 2. The van der Waals surface area contributed by atoms with Crippen LogP contribution in [-0.4, -0.2) is 35.5 Å². The molecule has 2 aromatic carbocycles. The molecule has 0 bridgehead atoms. The molecule has 0 saturated heterocycles. The molecule has 0 aliphatic heterocycles. The lowest BCUT2D eigenvalue weighted by Gasteiger charge is -2.08. The van der Waals surface area contributed by atoms with Crippen LogP contribution in [0.25, 0.3) is 11.2 Å². The number of phenolic OH excluding ortho intramolecular Hbond substituents is 2. The Morgan fingerprint density at radius 2 is 1.94 bits per heavy atom. The second kappa shape index (κ2) is 7.78. The zero-order valence-corrected chi connectivity index (χ0v) is 16.2. The SMILES string of the molecule is Cn1c(=O)[nH]c(=O)c2c1nc(NN=Cc1ccc(O)cc1O)n2Cc1ccc(F)cc1. The molecule has 0 fully saturated rings. The molecular formula is C20H17FN6O4. The smallest absolute Gasteiger partial charge is 0.329 e. The molecule has 158 valence electrons. The van der Waals surface area contributed by atoms with Crippen molar-refractivity contribution >= 4 is 23.3 Å². The molecule has 4 N–H and O–H groups in total. The van der Waals surface area contributed by atoms with Gasteiger partial charge in [0, 0.05) is 18.7 Å². The molecule has 0 saturated carbocycles. The first kappa shape index (κ1) is 19.9. The Balaban J connectivity index is 1.77. The van der Waals surface area contributed by atoms with Crippen LogP contribution >= 0.6 is 0 Å². The Morgan fingerprint density at radius 1 is 1.19 bits per heavy atom. The number of rotatable bonds is 5. The van der Waals surface area contributed by atoms with Gasteiger partial charge in [0.25, 0.3) is 5.56 Å². The van der Waals surface area contributed by atoms with Gasteiger partial charge in [-0.2, -0.15) is 10.1 Å². The third-order valence-corrected chi connectivity index (χ3v) is 4.64. The first-order valence-electron chi connectivity index (χ1n) is 9.08. The van der Waals surface area contributed by atoms with Gasteiger partial charge in [0.05, 0.1) is 12.8 Å². The predicted octanol–water partition coefficient (Wildman–Crippen LogP) is 1.47. The first-order valence-corrected chi connectivity index (χ1v) is 9.08. The van der Waals surface area contributed by atoms with Crippen LogP contribution in [0.3, 0.4) is 0 Å². The van der Waals surface area contributed by atoms with Gasteiger partial charge in [-0.1, -0.05) is 12.1 Å². The molecule has 4 aromatic rings. The normalized spacial score (nSPS) is 11.4. The molecule has 31 heavy (non-hydrogen) atoms. The maximum Gasteiger partial charge on any atom is 0.329 e. The van der Waals surface area contributed by atoms with Crippen molar-refractivity contribution in [3.8, 4) is 11.5 Å². The van der Waals surface area contributed by atoms with Crippen molar-refractivity contribution in [3.05, 3.63) is 80.2 Å². The third kappa shape index (κ3) is 3.88. The van der Waals surface area contributed by atoms with Crippen LogP contribution in [0, 0.1) is 5.82 Å². The van der Waals surface area contributed by atoms with Gasteiger partial charge < -0.3 is 10.2 Å². The summed E-state index contributed by atoms with van der Waals surface area (Å²) in [5.74, 6) is -0.510. The number of nitrogens with zero attached hydrogens (tertiary/aromatic N) is 4. The molecule has 0 aliphatic carbocycles. The van der Waals surface area contributed by atoms with Crippen molar-refractivity contribution in [1.82, 2.24) is 19.1 Å². The highest BCUT2D eigenvalue weighted by molar-refractivity contribution is 5.84. The summed E-state index contributed by atoms with van der Waals surface area (Å²) in [6.07, 6.45) is 1.31. The number of anilines is 1. The average Bonchev–Trinajstić information content (AvgIpc) is 3.08. The fourth-order valence-corrected chi connectivity index (χ4v) is 3.05. The second-order valence-electron chi connectivity index (χ2n) is 6.75. The molecule has 10 nitrogen and oxygen atoms in total. The van der Waals surface area contributed by atoms with Crippen molar-refractivity contribution in [2.75, 3.05) is 5.43 Å². The minimum atomic E-state index is -0.624. The van der Waals surface area contributed by atoms with Gasteiger partial charge in [-0.25, -0.2) is 14.6 Å². The summed E-state index contributed by atoms with van der Waals surface area (Å²) >= 11 is 0. The van der Waals surface area contributed by atoms with Crippen molar-refractivity contribution in [2.24, 2.45) is 12.1 Å². The van der Waals surface area contributed by atoms with Crippen LogP contribution in [0.5, 0.6) is 11.5 Å². The van der Waals surface area contributed by atoms with E-state index in [1.54, 1.807) is 12.1 Å². The topological polar surface area (TPSA) is 138 Å². The fraction of sp³-hybridized carbons (Fsp3) is 0.100. The summed E-state index contributed by atoms with van der Waals surface area (Å²) in [4.78, 5) is 31.0. The molecule has 0 atom stereocenters. The van der Waals surface area contributed by atoms with Gasteiger partial charge >= 0.3 is 5.69 Å². The lowest BCUT2D eigenvalue weighted by atomic mass is 10.2. The number of halogens is 1. The number of hydrazone groups is 1. The van der Waals surface area contributed by atoms with Crippen LogP contribution in [0.1, 0.15) is 11.1 Å². The maximum atomic E-state index is 13.3. The van der Waals surface area contributed by atoms with E-state index in [9.17, 15) is 24.2 Å². The molecule has 0 amide bonds. The number of H-pyrrole nitrogens is 1. The lowest BCUT2D eigenvalue weighted by molar-refractivity contribution is 0.450. The molecule has 0 aliphatic rings. The number of aryl methyl sites for hydroxylation is 1. The van der Waals surface area contributed by atoms with E-state index in [1.807, 2.05) is 0 Å². The van der Waals surface area contributed by atoms with Gasteiger partial charge in [-0.15, -0.1) is 0 Å². The summed E-state index contributed by atoms with van der Waals surface area (Å²) in [5, 5.41) is 23.3. The van der Waals surface area contributed by atoms with E-state index < -0.39 is 17.1 Å². The van der Waals surface area contributed by atoms with Gasteiger partial charge in [0.15, 0.2) is 11.2 Å². The minimum Gasteiger partial charge on any atom is -0.508 e. The predicted molar refractivity (Wildman–Crippen MR) is 112 cm³/mol. The minimum absolute atomic E-state index is 0.0937. The largest absolute Gasteiger partial charge is 0.508 e. The van der Waals surface area contributed by atoms with E-state index in [1.165, 1.54) is 52.7 Å². The molecule has 0 spiro atoms. The number of nitrogens with one attached hydrogen (secondary N) is 2. The van der Waals surface area contributed by atoms with E-state index in [-0.39, 0.29) is 35.2 Å². The molecule has 4 rings (SSSR count). The molecule has 11 heteroatoms. The van der Waals surface area contributed by atoms with Gasteiger partial charge in [0.1, 0.15) is 17.3 Å². The quantitative estimate of drug-likeness (QED) is 0.283. The number of imidazole rings is 1. The Labute approximate surface area is 173 Å². The van der Waals surface area contributed by atoms with Crippen LogP contribution in [0.4, 0.5) is 10.3 Å². The van der Waals surface area contributed by atoms with Crippen LogP contribution < -0.4 is 16.7 Å². The van der Waals surface area contributed by atoms with Crippen LogP contribution in [-0.2, 0) is 13.6 Å². The standard InChI is InChI=1S/C20H17FN6O4/c1-26-17-16(18(30)24-20(26)31)27(10-11-2-5-13(21)6-3-11)19(23-17)25-22-9-12-4-7-14(28)8-15(12)29/h2-9,28-29H,10H2,1H3,(H,23,25)(H,24,30,31). The Bertz CT molecular complexity index is 1420. The van der Waals surface area contributed by atoms with Gasteiger partial charge in [-0.3, -0.25) is 18.9 Å². The average molecular weight is 424 g/mol. The maximum absolute atomic E-state index is 13.3. The zero-order chi connectivity index (χ0) is 22.1. The molecular weight excluding hydrogens is 407 g/mol. The van der Waals surface area contributed by atoms with Crippen molar-refractivity contribution in [1.29, 1.82) is 0 Å². The summed E-state index contributed by atoms with van der Waals surface area (Å²) < 4.78 is 16.0. The highest BCUT2D eigenvalue weighted by Crippen LogP contribution is 2.21. The van der Waals surface area contributed by atoms with Gasteiger partial charge in [0.2, 0.25) is 5.95 Å². The van der Waals surface area contributed by atoms with E-state index in [0.29, 0.717) is 11.1 Å².